The predicted molar refractivity (Wildman–Crippen MR) is 58.3 cm³/mol. The van der Waals surface area contributed by atoms with Gasteiger partial charge in [-0.1, -0.05) is 19.1 Å². The second kappa shape index (κ2) is 5.11. The molecule has 5 N–H and O–H groups in total. The van der Waals surface area contributed by atoms with Gasteiger partial charge in [0.25, 0.3) is 0 Å². The first-order valence-electron chi connectivity index (χ1n) is 4.95. The Balaban J connectivity index is 3.01. The van der Waals surface area contributed by atoms with Gasteiger partial charge in [-0.15, -0.1) is 0 Å². The van der Waals surface area contributed by atoms with Crippen molar-refractivity contribution in [3.63, 3.8) is 0 Å². The third-order valence-electron chi connectivity index (χ3n) is 2.43. The first-order chi connectivity index (χ1) is 7.10. The average Bonchev–Trinajstić information content (AvgIpc) is 2.27. The van der Waals surface area contributed by atoms with E-state index in [1.165, 1.54) is 0 Å². The summed E-state index contributed by atoms with van der Waals surface area (Å²) in [6.45, 7) is 1.50. The molecule has 1 rings (SSSR count). The van der Waals surface area contributed by atoms with E-state index in [-0.39, 0.29) is 0 Å². The fraction of sp³-hybridized carbons (Fsp3) is 0.455. The molecule has 2 unspecified atom stereocenters. The van der Waals surface area contributed by atoms with Gasteiger partial charge in [0, 0.05) is 11.3 Å². The number of aliphatic hydroxyl groups is 3. The van der Waals surface area contributed by atoms with Gasteiger partial charge in [-0.25, -0.2) is 0 Å². The van der Waals surface area contributed by atoms with Crippen LogP contribution in [0.2, 0.25) is 0 Å². The van der Waals surface area contributed by atoms with Crippen molar-refractivity contribution in [1.29, 1.82) is 0 Å². The normalized spacial score (nSPS) is 14.9. The highest BCUT2D eigenvalue weighted by Crippen LogP contribution is 2.24. The van der Waals surface area contributed by atoms with Crippen molar-refractivity contribution in [2.24, 2.45) is 0 Å². The fourth-order valence-electron chi connectivity index (χ4n) is 1.41. The van der Waals surface area contributed by atoms with E-state index in [9.17, 15) is 10.2 Å². The van der Waals surface area contributed by atoms with E-state index in [1.807, 2.05) is 13.0 Å². The number of hydrogen-bond donors (Lipinski definition) is 4. The molecule has 0 spiro atoms. The van der Waals surface area contributed by atoms with Crippen molar-refractivity contribution in [3.8, 4) is 0 Å². The largest absolute Gasteiger partial charge is 0.398 e. The van der Waals surface area contributed by atoms with E-state index in [2.05, 4.69) is 0 Å². The Morgan fingerprint density at radius 2 is 2.00 bits per heavy atom. The molecule has 4 nitrogen and oxygen atoms in total. The van der Waals surface area contributed by atoms with Gasteiger partial charge in [0.05, 0.1) is 6.61 Å². The Morgan fingerprint density at radius 3 is 2.53 bits per heavy atom. The minimum Gasteiger partial charge on any atom is -0.398 e. The van der Waals surface area contributed by atoms with Gasteiger partial charge < -0.3 is 21.1 Å². The minimum absolute atomic E-state index is 0.423. The molecule has 0 aliphatic heterocycles. The van der Waals surface area contributed by atoms with Crippen molar-refractivity contribution < 1.29 is 15.3 Å². The van der Waals surface area contributed by atoms with Crippen LogP contribution in [0, 0.1) is 0 Å². The maximum absolute atomic E-state index is 9.70. The van der Waals surface area contributed by atoms with Crippen LogP contribution in [0.25, 0.3) is 0 Å². The van der Waals surface area contributed by atoms with Gasteiger partial charge in [0.15, 0.2) is 0 Å². The zero-order valence-electron chi connectivity index (χ0n) is 8.72. The van der Waals surface area contributed by atoms with Gasteiger partial charge in [-0.3, -0.25) is 0 Å². The molecule has 1 aromatic rings. The topological polar surface area (TPSA) is 86.7 Å². The average molecular weight is 211 g/mol. The molecule has 1 aromatic carbocycles. The predicted octanol–water partition coefficient (Wildman–Crippen LogP) is 0.218. The first kappa shape index (κ1) is 12.0. The Hall–Kier alpha value is -1.10. The van der Waals surface area contributed by atoms with Crippen molar-refractivity contribution in [2.75, 3.05) is 12.3 Å². The summed E-state index contributed by atoms with van der Waals surface area (Å²) in [4.78, 5) is 0. The molecule has 0 aromatic heterocycles. The molecule has 0 aliphatic carbocycles. The molecule has 4 heteroatoms. The van der Waals surface area contributed by atoms with E-state index in [0.29, 0.717) is 11.3 Å². The zero-order valence-corrected chi connectivity index (χ0v) is 8.72. The highest BCUT2D eigenvalue weighted by molar-refractivity contribution is 5.50. The maximum Gasteiger partial charge on any atom is 0.109 e. The summed E-state index contributed by atoms with van der Waals surface area (Å²) < 4.78 is 0. The fourth-order valence-corrected chi connectivity index (χ4v) is 1.41. The lowest BCUT2D eigenvalue weighted by atomic mass is 9.99. The van der Waals surface area contributed by atoms with E-state index >= 15 is 0 Å². The first-order valence-corrected chi connectivity index (χ1v) is 4.95. The summed E-state index contributed by atoms with van der Waals surface area (Å²) in [7, 11) is 0. The van der Waals surface area contributed by atoms with Gasteiger partial charge in [0.2, 0.25) is 0 Å². The molecular weight excluding hydrogens is 194 g/mol. The van der Waals surface area contributed by atoms with Crippen molar-refractivity contribution in [2.45, 2.75) is 25.6 Å². The number of hydrogen-bond acceptors (Lipinski definition) is 4. The number of rotatable bonds is 4. The molecular formula is C11H17NO3. The molecule has 0 saturated carbocycles. The Morgan fingerprint density at radius 1 is 1.33 bits per heavy atom. The van der Waals surface area contributed by atoms with Gasteiger partial charge in [0.1, 0.15) is 12.2 Å². The minimum atomic E-state index is -1.19. The molecule has 0 amide bonds. The molecule has 0 radical (unpaired) electrons. The molecule has 2 atom stereocenters. The lowest BCUT2D eigenvalue weighted by molar-refractivity contribution is -0.0149. The summed E-state index contributed by atoms with van der Waals surface area (Å²) in [6, 6.07) is 5.32. The van der Waals surface area contributed by atoms with Crippen LogP contribution in [0.5, 0.6) is 0 Å². The Labute approximate surface area is 89.0 Å². The summed E-state index contributed by atoms with van der Waals surface area (Å²) in [5.41, 5.74) is 7.61. The summed E-state index contributed by atoms with van der Waals surface area (Å²) >= 11 is 0. The van der Waals surface area contributed by atoms with Crippen LogP contribution in [0.15, 0.2) is 18.2 Å². The number of anilines is 1. The Bertz CT molecular complexity index is 328. The summed E-state index contributed by atoms with van der Waals surface area (Å²) in [5.74, 6) is 0. The Kier molecular flexibility index (Phi) is 4.08. The molecule has 0 bridgehead atoms. The number of nitrogen functional groups attached to an aromatic ring is 1. The number of aliphatic hydroxyl groups excluding tert-OH is 3. The molecule has 84 valence electrons. The van der Waals surface area contributed by atoms with Crippen molar-refractivity contribution in [3.05, 3.63) is 29.3 Å². The van der Waals surface area contributed by atoms with Gasteiger partial charge in [-0.2, -0.15) is 0 Å². The SMILES string of the molecule is CCc1ccc(N)c(C(O)C(O)CO)c1. The van der Waals surface area contributed by atoms with E-state index in [1.54, 1.807) is 12.1 Å². The van der Waals surface area contributed by atoms with Crippen molar-refractivity contribution >= 4 is 5.69 Å². The van der Waals surface area contributed by atoms with Crippen LogP contribution in [-0.2, 0) is 6.42 Å². The summed E-state index contributed by atoms with van der Waals surface area (Å²) in [5, 5.41) is 27.7. The second-order valence-corrected chi connectivity index (χ2v) is 3.51. The van der Waals surface area contributed by atoms with E-state index in [0.717, 1.165) is 12.0 Å². The lowest BCUT2D eigenvalue weighted by Crippen LogP contribution is -2.23. The number of nitrogens with two attached hydrogens (primary N) is 1. The van der Waals surface area contributed by atoms with Crippen LogP contribution in [-0.4, -0.2) is 28.0 Å². The molecule has 0 fully saturated rings. The monoisotopic (exact) mass is 211 g/mol. The van der Waals surface area contributed by atoms with Crippen LogP contribution >= 0.6 is 0 Å². The highest BCUT2D eigenvalue weighted by Gasteiger charge is 2.19. The smallest absolute Gasteiger partial charge is 0.109 e. The molecule has 0 heterocycles. The molecule has 15 heavy (non-hydrogen) atoms. The highest BCUT2D eigenvalue weighted by atomic mass is 16.4. The molecule has 0 saturated heterocycles. The second-order valence-electron chi connectivity index (χ2n) is 3.51. The summed E-state index contributed by atoms with van der Waals surface area (Å²) in [6.07, 6.45) is -1.50. The lowest BCUT2D eigenvalue weighted by Gasteiger charge is -2.18. The zero-order chi connectivity index (χ0) is 11.4. The van der Waals surface area contributed by atoms with Crippen LogP contribution in [0.3, 0.4) is 0 Å². The van der Waals surface area contributed by atoms with Crippen molar-refractivity contribution in [1.82, 2.24) is 0 Å². The van der Waals surface area contributed by atoms with Gasteiger partial charge >= 0.3 is 0 Å². The van der Waals surface area contributed by atoms with Crippen LogP contribution < -0.4 is 5.73 Å². The molecule has 0 aliphatic rings. The maximum atomic E-state index is 9.70. The quantitative estimate of drug-likeness (QED) is 0.536. The standard InChI is InChI=1S/C11H17NO3/c1-2-7-3-4-9(12)8(5-7)11(15)10(14)6-13/h3-5,10-11,13-15H,2,6,12H2,1H3. The third-order valence-corrected chi connectivity index (χ3v) is 2.43. The van der Waals surface area contributed by atoms with E-state index in [4.69, 9.17) is 10.8 Å². The number of benzene rings is 1. The van der Waals surface area contributed by atoms with Crippen LogP contribution in [0.4, 0.5) is 5.69 Å². The third kappa shape index (κ3) is 2.68. The number of aryl methyl sites for hydroxylation is 1. The van der Waals surface area contributed by atoms with Gasteiger partial charge in [-0.05, 0) is 18.1 Å². The van der Waals surface area contributed by atoms with Crippen LogP contribution in [0.1, 0.15) is 24.2 Å². The van der Waals surface area contributed by atoms with E-state index < -0.39 is 18.8 Å².